The molecule has 1 N–H and O–H groups in total. The van der Waals surface area contributed by atoms with E-state index in [4.69, 9.17) is 14.5 Å². The van der Waals surface area contributed by atoms with Gasteiger partial charge in [-0.2, -0.15) is 0 Å². The van der Waals surface area contributed by atoms with Crippen molar-refractivity contribution < 1.29 is 9.47 Å². The lowest BCUT2D eigenvalue weighted by molar-refractivity contribution is 0.355. The van der Waals surface area contributed by atoms with Gasteiger partial charge >= 0.3 is 0 Å². The minimum absolute atomic E-state index is 0.700. The summed E-state index contributed by atoms with van der Waals surface area (Å²) in [5, 5.41) is 3.44. The molecule has 0 spiro atoms. The number of nitrogens with zero attached hydrogens (tertiary/aromatic N) is 1. The molecule has 25 heavy (non-hydrogen) atoms. The first kappa shape index (κ1) is 16.8. The van der Waals surface area contributed by atoms with Gasteiger partial charge in [0.25, 0.3) is 0 Å². The second-order valence-electron chi connectivity index (χ2n) is 5.61. The van der Waals surface area contributed by atoms with Crippen LogP contribution in [0.2, 0.25) is 0 Å². The van der Waals surface area contributed by atoms with Crippen LogP contribution in [0.1, 0.15) is 12.6 Å². The van der Waals surface area contributed by atoms with E-state index in [1.165, 1.54) is 0 Å². The fraction of sp³-hybridized carbons (Fsp3) is 0.190. The smallest absolute Gasteiger partial charge is 0.161 e. The number of methoxy groups -OCH3 is 2. The molecular weight excluding hydrogens is 312 g/mol. The highest BCUT2D eigenvalue weighted by atomic mass is 16.5. The number of aromatic nitrogens is 1. The van der Waals surface area contributed by atoms with Crippen LogP contribution in [-0.2, 0) is 6.42 Å². The monoisotopic (exact) mass is 334 g/mol. The zero-order valence-electron chi connectivity index (χ0n) is 14.7. The fourth-order valence-electron chi connectivity index (χ4n) is 2.72. The van der Waals surface area contributed by atoms with Crippen molar-refractivity contribution in [3.05, 3.63) is 66.4 Å². The largest absolute Gasteiger partial charge is 0.493 e. The van der Waals surface area contributed by atoms with Crippen LogP contribution in [0.5, 0.6) is 11.5 Å². The number of para-hydroxylation sites is 1. The summed E-state index contributed by atoms with van der Waals surface area (Å²) in [6, 6.07) is 20.1. The second kappa shape index (κ2) is 7.71. The Morgan fingerprint density at radius 3 is 2.32 bits per heavy atom. The third-order valence-electron chi connectivity index (χ3n) is 4.04. The molecule has 0 radical (unpaired) electrons. The molecular formula is C21H22N2O2. The SMILES string of the molecule is CCc1nc(-c2ccc(OC)c(OC)c2)ccc1Nc1ccccc1. The molecule has 0 fully saturated rings. The van der Waals surface area contributed by atoms with Gasteiger partial charge in [-0.25, -0.2) is 0 Å². The van der Waals surface area contributed by atoms with Gasteiger partial charge in [0.1, 0.15) is 0 Å². The molecule has 0 atom stereocenters. The second-order valence-corrected chi connectivity index (χ2v) is 5.61. The van der Waals surface area contributed by atoms with Gasteiger partial charge in [-0.15, -0.1) is 0 Å². The Hall–Kier alpha value is -3.01. The molecule has 128 valence electrons. The molecule has 1 aromatic heterocycles. The summed E-state index contributed by atoms with van der Waals surface area (Å²) in [4.78, 5) is 4.83. The van der Waals surface area contributed by atoms with E-state index in [0.29, 0.717) is 11.5 Å². The van der Waals surface area contributed by atoms with Crippen molar-refractivity contribution in [3.63, 3.8) is 0 Å². The molecule has 1 heterocycles. The molecule has 0 saturated carbocycles. The van der Waals surface area contributed by atoms with Crippen molar-refractivity contribution in [3.8, 4) is 22.8 Å². The van der Waals surface area contributed by atoms with Gasteiger partial charge in [0.15, 0.2) is 11.5 Å². The summed E-state index contributed by atoms with van der Waals surface area (Å²) >= 11 is 0. The molecule has 0 amide bonds. The highest BCUT2D eigenvalue weighted by Crippen LogP contribution is 2.32. The minimum atomic E-state index is 0.700. The van der Waals surface area contributed by atoms with Crippen LogP contribution >= 0.6 is 0 Å². The molecule has 0 aliphatic heterocycles. The van der Waals surface area contributed by atoms with Gasteiger partial charge in [-0.05, 0) is 48.9 Å². The lowest BCUT2D eigenvalue weighted by Crippen LogP contribution is -1.99. The number of rotatable bonds is 6. The molecule has 0 saturated heterocycles. The summed E-state index contributed by atoms with van der Waals surface area (Å²) in [6.45, 7) is 2.11. The molecule has 4 nitrogen and oxygen atoms in total. The van der Waals surface area contributed by atoms with E-state index in [1.54, 1.807) is 14.2 Å². The number of ether oxygens (including phenoxy) is 2. The van der Waals surface area contributed by atoms with E-state index in [1.807, 2.05) is 54.6 Å². The molecule has 0 aliphatic rings. The number of hydrogen-bond acceptors (Lipinski definition) is 4. The highest BCUT2D eigenvalue weighted by Gasteiger charge is 2.10. The van der Waals surface area contributed by atoms with Crippen LogP contribution < -0.4 is 14.8 Å². The van der Waals surface area contributed by atoms with E-state index < -0.39 is 0 Å². The summed E-state index contributed by atoms with van der Waals surface area (Å²) in [5.41, 5.74) is 5.02. The van der Waals surface area contributed by atoms with Gasteiger partial charge < -0.3 is 14.8 Å². The molecule has 3 rings (SSSR count). The van der Waals surface area contributed by atoms with Crippen molar-refractivity contribution >= 4 is 11.4 Å². The summed E-state index contributed by atoms with van der Waals surface area (Å²) in [7, 11) is 3.27. The Labute approximate surface area is 148 Å². The van der Waals surface area contributed by atoms with Gasteiger partial charge in [0.2, 0.25) is 0 Å². The number of hydrogen-bond donors (Lipinski definition) is 1. The van der Waals surface area contributed by atoms with Crippen molar-refractivity contribution in [2.24, 2.45) is 0 Å². The molecule has 0 bridgehead atoms. The van der Waals surface area contributed by atoms with Crippen molar-refractivity contribution in [2.75, 3.05) is 19.5 Å². The average molecular weight is 334 g/mol. The lowest BCUT2D eigenvalue weighted by Gasteiger charge is -2.13. The topological polar surface area (TPSA) is 43.4 Å². The van der Waals surface area contributed by atoms with E-state index in [9.17, 15) is 0 Å². The first-order valence-electron chi connectivity index (χ1n) is 8.29. The molecule has 2 aromatic carbocycles. The zero-order chi connectivity index (χ0) is 17.6. The Kier molecular flexibility index (Phi) is 5.19. The predicted octanol–water partition coefficient (Wildman–Crippen LogP) is 5.07. The predicted molar refractivity (Wildman–Crippen MR) is 102 cm³/mol. The van der Waals surface area contributed by atoms with Crippen LogP contribution in [0.4, 0.5) is 11.4 Å². The average Bonchev–Trinajstić information content (AvgIpc) is 2.68. The van der Waals surface area contributed by atoms with Gasteiger partial charge in [0, 0.05) is 11.3 Å². The van der Waals surface area contributed by atoms with Gasteiger partial charge in [0.05, 0.1) is 31.3 Å². The molecule has 4 heteroatoms. The van der Waals surface area contributed by atoms with Crippen LogP contribution in [0.25, 0.3) is 11.3 Å². The Bertz CT molecular complexity index is 848. The third kappa shape index (κ3) is 3.74. The van der Waals surface area contributed by atoms with E-state index in [0.717, 1.165) is 34.7 Å². The van der Waals surface area contributed by atoms with Crippen LogP contribution in [-0.4, -0.2) is 19.2 Å². The normalized spacial score (nSPS) is 10.4. The Morgan fingerprint density at radius 1 is 0.880 bits per heavy atom. The summed E-state index contributed by atoms with van der Waals surface area (Å²) < 4.78 is 10.7. The van der Waals surface area contributed by atoms with Crippen molar-refractivity contribution in [2.45, 2.75) is 13.3 Å². The number of benzene rings is 2. The first-order valence-corrected chi connectivity index (χ1v) is 8.29. The van der Waals surface area contributed by atoms with Gasteiger partial charge in [-0.1, -0.05) is 25.1 Å². The standard InChI is InChI=1S/C21H22N2O2/c1-4-17-19(22-16-8-6-5-7-9-16)12-11-18(23-17)15-10-13-20(24-2)21(14-15)25-3/h5-14,22H,4H2,1-3H3. The highest BCUT2D eigenvalue weighted by molar-refractivity contribution is 5.68. The Morgan fingerprint density at radius 2 is 1.64 bits per heavy atom. The Balaban J connectivity index is 1.94. The number of nitrogens with one attached hydrogen (secondary N) is 1. The van der Waals surface area contributed by atoms with Crippen LogP contribution in [0, 0.1) is 0 Å². The number of pyridine rings is 1. The molecule has 3 aromatic rings. The zero-order valence-corrected chi connectivity index (χ0v) is 14.7. The molecule has 0 aliphatic carbocycles. The van der Waals surface area contributed by atoms with Crippen LogP contribution in [0.3, 0.4) is 0 Å². The third-order valence-corrected chi connectivity index (χ3v) is 4.04. The number of aryl methyl sites for hydroxylation is 1. The molecule has 0 unspecified atom stereocenters. The van der Waals surface area contributed by atoms with Crippen LogP contribution in [0.15, 0.2) is 60.7 Å². The van der Waals surface area contributed by atoms with Crippen molar-refractivity contribution in [1.82, 2.24) is 4.98 Å². The maximum atomic E-state index is 5.39. The maximum Gasteiger partial charge on any atom is 0.161 e. The summed E-state index contributed by atoms with van der Waals surface area (Å²) in [5.74, 6) is 1.41. The van der Waals surface area contributed by atoms with E-state index >= 15 is 0 Å². The lowest BCUT2D eigenvalue weighted by atomic mass is 10.1. The van der Waals surface area contributed by atoms with E-state index in [2.05, 4.69) is 18.3 Å². The first-order chi connectivity index (χ1) is 12.2. The number of anilines is 2. The van der Waals surface area contributed by atoms with E-state index in [-0.39, 0.29) is 0 Å². The van der Waals surface area contributed by atoms with Gasteiger partial charge in [-0.3, -0.25) is 4.98 Å². The maximum absolute atomic E-state index is 5.39. The minimum Gasteiger partial charge on any atom is -0.493 e. The summed E-state index contributed by atoms with van der Waals surface area (Å²) in [6.07, 6.45) is 0.844. The quantitative estimate of drug-likeness (QED) is 0.683. The van der Waals surface area contributed by atoms with Crippen molar-refractivity contribution in [1.29, 1.82) is 0 Å². The fourth-order valence-corrected chi connectivity index (χ4v) is 2.72.